The van der Waals surface area contributed by atoms with Gasteiger partial charge in [-0.1, -0.05) is 36.8 Å². The minimum Gasteiger partial charge on any atom is -0.339 e. The molecule has 2 aromatic carbocycles. The van der Waals surface area contributed by atoms with E-state index in [0.717, 1.165) is 41.6 Å². The maximum absolute atomic E-state index is 13.2. The third-order valence-electron chi connectivity index (χ3n) is 5.49. The van der Waals surface area contributed by atoms with Crippen molar-refractivity contribution in [2.24, 2.45) is 0 Å². The Labute approximate surface area is 178 Å². The normalized spacial score (nSPS) is 15.1. The number of sulfonamides is 1. The van der Waals surface area contributed by atoms with Gasteiger partial charge in [0, 0.05) is 24.3 Å². The Balaban J connectivity index is 1.60. The van der Waals surface area contributed by atoms with Gasteiger partial charge >= 0.3 is 0 Å². The molecule has 4 rings (SSSR count). The van der Waals surface area contributed by atoms with E-state index in [0.29, 0.717) is 29.5 Å². The fraction of sp³-hybridized carbons (Fsp3) is 0.304. The van der Waals surface area contributed by atoms with E-state index in [1.54, 1.807) is 10.4 Å². The molecule has 1 aliphatic rings. The molecule has 1 aliphatic heterocycles. The van der Waals surface area contributed by atoms with Gasteiger partial charge in [0.2, 0.25) is 10.0 Å². The third-order valence-corrected chi connectivity index (χ3v) is 7.53. The number of anilines is 2. The average Bonchev–Trinajstić information content (AvgIpc) is 2.77. The maximum Gasteiger partial charge on any atom is 0.243 e. The third kappa shape index (κ3) is 4.22. The lowest BCUT2D eigenvalue weighted by atomic mass is 10.1. The molecule has 0 aliphatic carbocycles. The Hall–Kier alpha value is -2.77. The van der Waals surface area contributed by atoms with Crippen molar-refractivity contribution in [3.63, 3.8) is 0 Å². The van der Waals surface area contributed by atoms with Crippen LogP contribution in [-0.2, 0) is 10.0 Å². The summed E-state index contributed by atoms with van der Waals surface area (Å²) >= 11 is 0. The van der Waals surface area contributed by atoms with Crippen molar-refractivity contribution in [2.45, 2.75) is 38.0 Å². The van der Waals surface area contributed by atoms with E-state index in [-0.39, 0.29) is 0 Å². The van der Waals surface area contributed by atoms with Crippen LogP contribution in [0.15, 0.2) is 59.5 Å². The molecule has 7 heteroatoms. The Kier molecular flexibility index (Phi) is 5.83. The van der Waals surface area contributed by atoms with Crippen LogP contribution in [0.3, 0.4) is 0 Å². The summed E-state index contributed by atoms with van der Waals surface area (Å²) in [6.45, 7) is 5.04. The SMILES string of the molecule is Cc1ccccc1Nc1ccc(-c2ccc(C)c(S(=O)(=O)N3CCCCC3)c2)nn1. The second-order valence-corrected chi connectivity index (χ2v) is 9.60. The van der Waals surface area contributed by atoms with E-state index >= 15 is 0 Å². The second-order valence-electron chi connectivity index (χ2n) is 7.69. The molecular formula is C23H26N4O2S. The summed E-state index contributed by atoms with van der Waals surface area (Å²) in [5.74, 6) is 0.640. The number of hydrogen-bond donors (Lipinski definition) is 1. The molecule has 1 fully saturated rings. The zero-order valence-corrected chi connectivity index (χ0v) is 18.1. The molecule has 1 aromatic heterocycles. The van der Waals surface area contributed by atoms with Gasteiger partial charge in [0.05, 0.1) is 10.6 Å². The monoisotopic (exact) mass is 422 g/mol. The van der Waals surface area contributed by atoms with Gasteiger partial charge in [0.15, 0.2) is 5.82 Å². The van der Waals surface area contributed by atoms with Crippen LogP contribution in [0.25, 0.3) is 11.3 Å². The van der Waals surface area contributed by atoms with Crippen molar-refractivity contribution in [3.05, 3.63) is 65.7 Å². The number of hydrogen-bond acceptors (Lipinski definition) is 5. The van der Waals surface area contributed by atoms with Gasteiger partial charge in [-0.25, -0.2) is 8.42 Å². The smallest absolute Gasteiger partial charge is 0.243 e. The number of piperidine rings is 1. The highest BCUT2D eigenvalue weighted by atomic mass is 32.2. The summed E-state index contributed by atoms with van der Waals surface area (Å²) in [6, 6.07) is 17.1. The predicted molar refractivity (Wildman–Crippen MR) is 119 cm³/mol. The van der Waals surface area contributed by atoms with Gasteiger partial charge in [-0.2, -0.15) is 4.31 Å². The van der Waals surface area contributed by atoms with Crippen LogP contribution in [0.2, 0.25) is 0 Å². The number of para-hydroxylation sites is 1. The number of nitrogens with zero attached hydrogens (tertiary/aromatic N) is 3. The summed E-state index contributed by atoms with van der Waals surface area (Å²) in [6.07, 6.45) is 2.92. The summed E-state index contributed by atoms with van der Waals surface area (Å²) in [5, 5.41) is 11.9. The van der Waals surface area contributed by atoms with Gasteiger partial charge in [-0.3, -0.25) is 0 Å². The van der Waals surface area contributed by atoms with Gasteiger partial charge in [-0.15, -0.1) is 10.2 Å². The van der Waals surface area contributed by atoms with Crippen molar-refractivity contribution in [1.29, 1.82) is 0 Å². The molecule has 2 heterocycles. The molecule has 6 nitrogen and oxygen atoms in total. The fourth-order valence-corrected chi connectivity index (χ4v) is 5.45. The van der Waals surface area contributed by atoms with Crippen LogP contribution in [0.4, 0.5) is 11.5 Å². The molecule has 30 heavy (non-hydrogen) atoms. The van der Waals surface area contributed by atoms with Gasteiger partial charge < -0.3 is 5.32 Å². The van der Waals surface area contributed by atoms with E-state index in [9.17, 15) is 8.42 Å². The van der Waals surface area contributed by atoms with Crippen molar-refractivity contribution in [3.8, 4) is 11.3 Å². The predicted octanol–water partition coefficient (Wildman–Crippen LogP) is 4.68. The van der Waals surface area contributed by atoms with E-state index < -0.39 is 10.0 Å². The maximum atomic E-state index is 13.2. The molecule has 0 unspecified atom stereocenters. The van der Waals surface area contributed by atoms with Crippen molar-refractivity contribution in [2.75, 3.05) is 18.4 Å². The van der Waals surface area contributed by atoms with E-state index in [4.69, 9.17) is 0 Å². The highest BCUT2D eigenvalue weighted by Gasteiger charge is 2.27. The fourth-order valence-electron chi connectivity index (χ4n) is 3.69. The van der Waals surface area contributed by atoms with Gasteiger partial charge in [-0.05, 0) is 62.1 Å². The standard InChI is InChI=1S/C23H26N4O2S/c1-17-8-4-5-9-20(17)24-23-13-12-21(25-26-23)19-11-10-18(2)22(16-19)30(28,29)27-14-6-3-7-15-27/h4-5,8-13,16H,3,6-7,14-15H2,1-2H3,(H,24,26). The lowest BCUT2D eigenvalue weighted by Gasteiger charge is -2.26. The molecule has 156 valence electrons. The first-order chi connectivity index (χ1) is 14.4. The molecule has 0 spiro atoms. The molecule has 3 aromatic rings. The molecule has 0 radical (unpaired) electrons. The van der Waals surface area contributed by atoms with Crippen molar-refractivity contribution >= 4 is 21.5 Å². The van der Waals surface area contributed by atoms with Crippen LogP contribution in [0, 0.1) is 13.8 Å². The molecule has 0 amide bonds. The highest BCUT2D eigenvalue weighted by Crippen LogP contribution is 2.28. The minimum atomic E-state index is -3.50. The highest BCUT2D eigenvalue weighted by molar-refractivity contribution is 7.89. The van der Waals surface area contributed by atoms with Crippen molar-refractivity contribution in [1.82, 2.24) is 14.5 Å². The average molecular weight is 423 g/mol. The molecule has 1 saturated heterocycles. The topological polar surface area (TPSA) is 75.2 Å². The largest absolute Gasteiger partial charge is 0.339 e. The van der Waals surface area contributed by atoms with Crippen LogP contribution in [-0.4, -0.2) is 36.0 Å². The number of rotatable bonds is 5. The van der Waals surface area contributed by atoms with Gasteiger partial charge in [0.25, 0.3) is 0 Å². The lowest BCUT2D eigenvalue weighted by Crippen LogP contribution is -2.35. The Morgan fingerprint density at radius 2 is 1.63 bits per heavy atom. The minimum absolute atomic E-state index is 0.353. The molecular weight excluding hydrogens is 396 g/mol. The summed E-state index contributed by atoms with van der Waals surface area (Å²) in [5.41, 5.74) is 4.22. The summed E-state index contributed by atoms with van der Waals surface area (Å²) < 4.78 is 27.9. The Morgan fingerprint density at radius 3 is 2.33 bits per heavy atom. The zero-order chi connectivity index (χ0) is 21.1. The van der Waals surface area contributed by atoms with Crippen molar-refractivity contribution < 1.29 is 8.42 Å². The quantitative estimate of drug-likeness (QED) is 0.646. The zero-order valence-electron chi connectivity index (χ0n) is 17.3. The molecule has 0 saturated carbocycles. The van der Waals surface area contributed by atoms with E-state index in [1.165, 1.54) is 0 Å². The van der Waals surface area contributed by atoms with Crippen LogP contribution in [0.5, 0.6) is 0 Å². The molecule has 0 bridgehead atoms. The van der Waals surface area contributed by atoms with Gasteiger partial charge in [0.1, 0.15) is 0 Å². The number of aryl methyl sites for hydroxylation is 2. The van der Waals surface area contributed by atoms with E-state index in [1.807, 2.05) is 62.4 Å². The van der Waals surface area contributed by atoms with E-state index in [2.05, 4.69) is 15.5 Å². The first-order valence-electron chi connectivity index (χ1n) is 10.2. The number of nitrogens with one attached hydrogen (secondary N) is 1. The Morgan fingerprint density at radius 1 is 0.867 bits per heavy atom. The summed E-state index contributed by atoms with van der Waals surface area (Å²) in [4.78, 5) is 0.353. The first kappa shape index (κ1) is 20.5. The molecule has 1 N–H and O–H groups in total. The number of benzene rings is 2. The summed E-state index contributed by atoms with van der Waals surface area (Å²) in [7, 11) is -3.50. The van der Waals surface area contributed by atoms with Crippen LogP contribution in [0.1, 0.15) is 30.4 Å². The van der Waals surface area contributed by atoms with Crippen LogP contribution < -0.4 is 5.32 Å². The molecule has 0 atom stereocenters. The number of aromatic nitrogens is 2. The first-order valence-corrected chi connectivity index (χ1v) is 11.7. The van der Waals surface area contributed by atoms with Crippen LogP contribution >= 0.6 is 0 Å². The second kappa shape index (κ2) is 8.53. The Bertz CT molecular complexity index is 1140. The lowest BCUT2D eigenvalue weighted by molar-refractivity contribution is 0.346.